The summed E-state index contributed by atoms with van der Waals surface area (Å²) in [7, 11) is 0. The molecule has 0 aliphatic heterocycles. The van der Waals surface area contributed by atoms with Crippen LogP contribution >= 0.6 is 23.5 Å². The van der Waals surface area contributed by atoms with E-state index in [0.29, 0.717) is 0 Å². The number of carbonyl (C=O) groups is 4. The minimum absolute atomic E-state index is 0.804. The van der Waals surface area contributed by atoms with Gasteiger partial charge >= 0.3 is 23.9 Å². The van der Waals surface area contributed by atoms with Crippen molar-refractivity contribution in [3.05, 3.63) is 0 Å². The molecule has 4 unspecified atom stereocenters. The Kier molecular flexibility index (Phi) is 8.41. The quantitative estimate of drug-likeness (QED) is 0.498. The highest BCUT2D eigenvalue weighted by molar-refractivity contribution is 8.02. The van der Waals surface area contributed by atoms with Crippen molar-refractivity contribution >= 4 is 47.4 Å². The van der Waals surface area contributed by atoms with Gasteiger partial charge in [-0.05, 0) is 27.7 Å². The normalized spacial score (nSPS) is 16.4. The summed E-state index contributed by atoms with van der Waals surface area (Å²) in [6.07, 6.45) is 0. The first kappa shape index (κ1) is 19.8. The maximum atomic E-state index is 11.7. The highest BCUT2D eigenvalue weighted by Gasteiger charge is 2.28. The fourth-order valence-corrected chi connectivity index (χ4v) is 2.88. The molecule has 0 aliphatic carbocycles. The first-order chi connectivity index (χ1) is 9.56. The predicted octanol–water partition coefficient (Wildman–Crippen LogP) is 1.25. The van der Waals surface area contributed by atoms with E-state index in [1.54, 1.807) is 0 Å². The molecule has 0 aromatic rings. The van der Waals surface area contributed by atoms with Gasteiger partial charge in [0.1, 0.15) is 21.0 Å². The molecule has 0 heterocycles. The second-order valence-corrected chi connectivity index (χ2v) is 7.63. The lowest BCUT2D eigenvalue weighted by Crippen LogP contribution is -2.29. The molecule has 0 rings (SSSR count). The molecule has 4 atom stereocenters. The Hall–Kier alpha value is -1.22. The standard InChI is InChI=1S/C12H18O7S2/c1-5(9(13)14)20-7(3)11(17)19-12(18)8(4)21-6(2)10(15)16/h5-8H,1-4H3,(H,13,14)(H,15,16). The van der Waals surface area contributed by atoms with Crippen LogP contribution in [0, 0.1) is 0 Å². The van der Waals surface area contributed by atoms with E-state index < -0.39 is 44.9 Å². The summed E-state index contributed by atoms with van der Waals surface area (Å²) in [6, 6.07) is 0. The number of aliphatic carboxylic acids is 2. The summed E-state index contributed by atoms with van der Waals surface area (Å²) in [5, 5.41) is 14.2. The molecule has 9 heteroatoms. The van der Waals surface area contributed by atoms with Crippen LogP contribution in [0.15, 0.2) is 0 Å². The Bertz CT molecular complexity index is 386. The minimum Gasteiger partial charge on any atom is -0.480 e. The fraction of sp³-hybridized carbons (Fsp3) is 0.667. The highest BCUT2D eigenvalue weighted by atomic mass is 32.2. The number of carboxylic acid groups (broad SMARTS) is 2. The fourth-order valence-electron chi connectivity index (χ4n) is 1.11. The third-order valence-electron chi connectivity index (χ3n) is 2.38. The largest absolute Gasteiger partial charge is 0.480 e. The molecule has 0 aromatic carbocycles. The smallest absolute Gasteiger partial charge is 0.326 e. The molecule has 0 aliphatic rings. The molecule has 120 valence electrons. The van der Waals surface area contributed by atoms with Gasteiger partial charge in [0.05, 0.1) is 0 Å². The van der Waals surface area contributed by atoms with E-state index in [4.69, 9.17) is 10.2 Å². The summed E-state index contributed by atoms with van der Waals surface area (Å²) in [6.45, 7) is 5.73. The van der Waals surface area contributed by atoms with Crippen LogP contribution in [0.25, 0.3) is 0 Å². The number of carboxylic acids is 2. The van der Waals surface area contributed by atoms with Gasteiger partial charge in [0, 0.05) is 0 Å². The van der Waals surface area contributed by atoms with Gasteiger partial charge < -0.3 is 14.9 Å². The molecular formula is C12H18O7S2. The summed E-state index contributed by atoms with van der Waals surface area (Å²) < 4.78 is 4.63. The van der Waals surface area contributed by atoms with Crippen LogP contribution < -0.4 is 0 Å². The summed E-state index contributed by atoms with van der Waals surface area (Å²) in [5.41, 5.74) is 0. The van der Waals surface area contributed by atoms with E-state index in [1.807, 2.05) is 0 Å². The number of esters is 2. The van der Waals surface area contributed by atoms with Crippen molar-refractivity contribution in [1.82, 2.24) is 0 Å². The molecule has 0 bridgehead atoms. The van der Waals surface area contributed by atoms with Crippen molar-refractivity contribution in [2.24, 2.45) is 0 Å². The van der Waals surface area contributed by atoms with Crippen LogP contribution in [0.3, 0.4) is 0 Å². The van der Waals surface area contributed by atoms with Crippen LogP contribution in [-0.2, 0) is 23.9 Å². The number of carbonyl (C=O) groups excluding carboxylic acids is 2. The van der Waals surface area contributed by atoms with Gasteiger partial charge in [0.2, 0.25) is 0 Å². The van der Waals surface area contributed by atoms with E-state index in [1.165, 1.54) is 27.7 Å². The molecule has 0 aromatic heterocycles. The third kappa shape index (κ3) is 7.37. The van der Waals surface area contributed by atoms with Crippen molar-refractivity contribution in [1.29, 1.82) is 0 Å². The van der Waals surface area contributed by atoms with Gasteiger partial charge in [-0.3, -0.25) is 19.2 Å². The second kappa shape index (κ2) is 8.93. The Morgan fingerprint density at radius 2 is 1.00 bits per heavy atom. The van der Waals surface area contributed by atoms with Gasteiger partial charge in [-0.25, -0.2) is 0 Å². The lowest BCUT2D eigenvalue weighted by Gasteiger charge is -2.15. The van der Waals surface area contributed by atoms with Gasteiger partial charge in [0.25, 0.3) is 0 Å². The minimum atomic E-state index is -1.06. The zero-order valence-corrected chi connectivity index (χ0v) is 13.7. The molecule has 0 amide bonds. The summed E-state index contributed by atoms with van der Waals surface area (Å²) in [4.78, 5) is 44.7. The van der Waals surface area contributed by atoms with Crippen LogP contribution in [0.1, 0.15) is 27.7 Å². The zero-order valence-electron chi connectivity index (χ0n) is 12.1. The van der Waals surface area contributed by atoms with Crippen molar-refractivity contribution in [3.63, 3.8) is 0 Å². The molecule has 0 radical (unpaired) electrons. The molecule has 0 spiro atoms. The van der Waals surface area contributed by atoms with Crippen LogP contribution in [0.2, 0.25) is 0 Å². The van der Waals surface area contributed by atoms with E-state index in [0.717, 1.165) is 23.5 Å². The lowest BCUT2D eigenvalue weighted by atomic mass is 10.4. The zero-order chi connectivity index (χ0) is 16.7. The Morgan fingerprint density at radius 3 is 1.24 bits per heavy atom. The van der Waals surface area contributed by atoms with Crippen LogP contribution in [0.5, 0.6) is 0 Å². The van der Waals surface area contributed by atoms with E-state index in [-0.39, 0.29) is 0 Å². The average Bonchev–Trinajstić information content (AvgIpc) is 2.37. The van der Waals surface area contributed by atoms with Gasteiger partial charge in [-0.2, -0.15) is 0 Å². The molecule has 0 saturated heterocycles. The molecule has 7 nitrogen and oxygen atoms in total. The van der Waals surface area contributed by atoms with Crippen molar-refractivity contribution in [2.45, 2.75) is 48.7 Å². The first-order valence-electron chi connectivity index (χ1n) is 6.08. The lowest BCUT2D eigenvalue weighted by molar-refractivity contribution is -0.158. The Labute approximate surface area is 130 Å². The predicted molar refractivity (Wildman–Crippen MR) is 79.4 cm³/mol. The third-order valence-corrected chi connectivity index (χ3v) is 4.80. The van der Waals surface area contributed by atoms with Crippen molar-refractivity contribution < 1.29 is 34.1 Å². The van der Waals surface area contributed by atoms with E-state index >= 15 is 0 Å². The Morgan fingerprint density at radius 1 is 0.714 bits per heavy atom. The molecule has 0 saturated carbocycles. The summed E-state index contributed by atoms with van der Waals surface area (Å²) in [5.74, 6) is -3.81. The van der Waals surface area contributed by atoms with Crippen LogP contribution in [-0.4, -0.2) is 55.1 Å². The molecule has 0 fully saturated rings. The van der Waals surface area contributed by atoms with E-state index in [9.17, 15) is 19.2 Å². The average molecular weight is 338 g/mol. The first-order valence-corrected chi connectivity index (χ1v) is 7.96. The van der Waals surface area contributed by atoms with Gasteiger partial charge in [-0.1, -0.05) is 0 Å². The van der Waals surface area contributed by atoms with Crippen molar-refractivity contribution in [3.8, 4) is 0 Å². The number of hydrogen-bond acceptors (Lipinski definition) is 7. The second-order valence-electron chi connectivity index (χ2n) is 4.26. The molecule has 21 heavy (non-hydrogen) atoms. The van der Waals surface area contributed by atoms with E-state index in [2.05, 4.69) is 4.74 Å². The van der Waals surface area contributed by atoms with Crippen molar-refractivity contribution in [2.75, 3.05) is 0 Å². The SMILES string of the molecule is CC(SC(C)C(=O)OC(=O)C(C)SC(C)C(=O)O)C(=O)O. The number of ether oxygens (including phenoxy) is 1. The van der Waals surface area contributed by atoms with Gasteiger partial charge in [0.15, 0.2) is 0 Å². The van der Waals surface area contributed by atoms with Crippen LogP contribution in [0.4, 0.5) is 0 Å². The monoisotopic (exact) mass is 338 g/mol. The Balaban J connectivity index is 4.40. The number of hydrogen-bond donors (Lipinski definition) is 2. The summed E-state index contributed by atoms with van der Waals surface area (Å²) >= 11 is 1.72. The molecule has 2 N–H and O–H groups in total. The molecular weight excluding hydrogens is 320 g/mol. The maximum absolute atomic E-state index is 11.7. The number of thioether (sulfide) groups is 2. The van der Waals surface area contributed by atoms with Gasteiger partial charge in [-0.15, -0.1) is 23.5 Å². The topological polar surface area (TPSA) is 118 Å². The highest BCUT2D eigenvalue weighted by Crippen LogP contribution is 2.21. The number of rotatable bonds is 8. The maximum Gasteiger partial charge on any atom is 0.326 e.